The van der Waals surface area contributed by atoms with Crippen LogP contribution in [0, 0.1) is 0 Å². The summed E-state index contributed by atoms with van der Waals surface area (Å²) in [6.07, 6.45) is -6.31. The molecule has 0 saturated carbocycles. The van der Waals surface area contributed by atoms with Crippen molar-refractivity contribution >= 4 is 12.3 Å². The number of halogens is 3. The Morgan fingerprint density at radius 2 is 1.52 bits per heavy atom. The lowest BCUT2D eigenvalue weighted by Gasteiger charge is -2.30. The second-order valence-corrected chi connectivity index (χ2v) is 6.08. The largest absolute Gasteiger partial charge is 0.513 e. The van der Waals surface area contributed by atoms with Crippen LogP contribution in [0.1, 0.15) is 30.4 Å². The van der Waals surface area contributed by atoms with E-state index in [1.54, 1.807) is 14.0 Å². The molecule has 1 N–H and O–H groups in total. The molecule has 158 valence electrons. The number of alkyl halides is 3. The highest BCUT2D eigenvalue weighted by atomic mass is 19.4. The first-order valence-corrected chi connectivity index (χ1v) is 8.41. The number of hydrogen-bond donors (Lipinski definition) is 1. The summed E-state index contributed by atoms with van der Waals surface area (Å²) in [4.78, 5) is 23.5. The minimum Gasteiger partial charge on any atom is -0.437 e. The van der Waals surface area contributed by atoms with Crippen LogP contribution in [0.15, 0.2) is 47.1 Å². The Kier molecular flexibility index (Phi) is 6.78. The Bertz CT molecular complexity index is 842. The van der Waals surface area contributed by atoms with Crippen molar-refractivity contribution in [3.05, 3.63) is 58.2 Å². The van der Waals surface area contributed by atoms with Gasteiger partial charge in [0.05, 0.1) is 25.5 Å². The highest BCUT2D eigenvalue weighted by Crippen LogP contribution is 2.43. The number of allylic oxidation sites excluding steroid dienone is 1. The molecule has 0 aromatic heterocycles. The van der Waals surface area contributed by atoms with Crippen LogP contribution in [0.4, 0.5) is 22.8 Å². The number of ether oxygens (including phenoxy) is 4. The van der Waals surface area contributed by atoms with E-state index in [0.29, 0.717) is 16.8 Å². The van der Waals surface area contributed by atoms with Crippen molar-refractivity contribution in [1.82, 2.24) is 5.32 Å². The fraction of sp³-hybridized carbons (Fsp3) is 0.368. The maximum absolute atomic E-state index is 12.9. The van der Waals surface area contributed by atoms with Crippen molar-refractivity contribution in [2.45, 2.75) is 25.4 Å². The van der Waals surface area contributed by atoms with Crippen LogP contribution < -0.4 is 5.32 Å². The van der Waals surface area contributed by atoms with Gasteiger partial charge in [0, 0.05) is 13.5 Å². The predicted octanol–water partition coefficient (Wildman–Crippen LogP) is 4.46. The summed E-state index contributed by atoms with van der Waals surface area (Å²) in [7, 11) is 3.83. The number of carbonyl (C=O) groups is 2. The first-order chi connectivity index (χ1) is 13.6. The summed E-state index contributed by atoms with van der Waals surface area (Å²) < 4.78 is 58.4. The second-order valence-electron chi connectivity index (χ2n) is 6.08. The lowest BCUT2D eigenvalue weighted by atomic mass is 9.85. The fourth-order valence-electron chi connectivity index (χ4n) is 2.89. The summed E-state index contributed by atoms with van der Waals surface area (Å²) in [5.74, 6) is -0.843. The molecule has 1 aromatic rings. The van der Waals surface area contributed by atoms with Crippen molar-refractivity contribution in [2.24, 2.45) is 0 Å². The number of hydrogen-bond acceptors (Lipinski definition) is 7. The van der Waals surface area contributed by atoms with E-state index in [-0.39, 0.29) is 17.9 Å². The Labute approximate surface area is 165 Å². The molecule has 0 aliphatic heterocycles. The smallest absolute Gasteiger partial charge is 0.437 e. The van der Waals surface area contributed by atoms with Gasteiger partial charge in [-0.3, -0.25) is 0 Å². The zero-order valence-corrected chi connectivity index (χ0v) is 16.2. The molecule has 7 nitrogen and oxygen atoms in total. The third-order valence-electron chi connectivity index (χ3n) is 4.28. The molecule has 1 atom stereocenters. The molecule has 0 saturated heterocycles. The maximum atomic E-state index is 12.9. The minimum atomic E-state index is -4.51. The SMILES string of the molecule is CNC1=C(OC(=O)OC)C(c2ccc(C(F)(F)F)cc2)C(OC(=O)OC)=C(C)C1. The molecule has 10 heteroatoms. The molecule has 1 aliphatic carbocycles. The predicted molar refractivity (Wildman–Crippen MR) is 94.6 cm³/mol. The zero-order valence-electron chi connectivity index (χ0n) is 16.2. The summed E-state index contributed by atoms with van der Waals surface area (Å²) in [5.41, 5.74) is 0.543. The van der Waals surface area contributed by atoms with Crippen LogP contribution in [0.3, 0.4) is 0 Å². The molecule has 0 spiro atoms. The quantitative estimate of drug-likeness (QED) is 0.727. The molecule has 0 fully saturated rings. The maximum Gasteiger partial charge on any atom is 0.513 e. The van der Waals surface area contributed by atoms with Crippen molar-refractivity contribution in [2.75, 3.05) is 21.3 Å². The van der Waals surface area contributed by atoms with Gasteiger partial charge in [-0.15, -0.1) is 0 Å². The minimum absolute atomic E-state index is 0.0450. The molecule has 29 heavy (non-hydrogen) atoms. The second kappa shape index (κ2) is 8.89. The Morgan fingerprint density at radius 3 is 1.97 bits per heavy atom. The average Bonchev–Trinajstić information content (AvgIpc) is 2.69. The monoisotopic (exact) mass is 415 g/mol. The number of methoxy groups -OCH3 is 2. The van der Waals surface area contributed by atoms with Crippen LogP contribution in [-0.2, 0) is 25.1 Å². The van der Waals surface area contributed by atoms with E-state index in [1.807, 2.05) is 0 Å². The van der Waals surface area contributed by atoms with Crippen molar-refractivity contribution in [3.8, 4) is 0 Å². The topological polar surface area (TPSA) is 83.1 Å². The number of benzene rings is 1. The van der Waals surface area contributed by atoms with Crippen LogP contribution in [-0.4, -0.2) is 33.6 Å². The van der Waals surface area contributed by atoms with Gasteiger partial charge < -0.3 is 24.3 Å². The van der Waals surface area contributed by atoms with Crippen LogP contribution in [0.25, 0.3) is 0 Å². The van der Waals surface area contributed by atoms with Gasteiger partial charge in [0.2, 0.25) is 0 Å². The molecule has 2 rings (SSSR count). The van der Waals surface area contributed by atoms with E-state index in [0.717, 1.165) is 26.4 Å². The molecule has 1 aliphatic rings. The van der Waals surface area contributed by atoms with E-state index < -0.39 is 30.0 Å². The lowest BCUT2D eigenvalue weighted by molar-refractivity contribution is -0.137. The van der Waals surface area contributed by atoms with E-state index in [2.05, 4.69) is 14.8 Å². The van der Waals surface area contributed by atoms with Crippen molar-refractivity contribution in [1.29, 1.82) is 0 Å². The number of rotatable bonds is 4. The third-order valence-corrected chi connectivity index (χ3v) is 4.28. The summed E-state index contributed by atoms with van der Waals surface area (Å²) in [5, 5.41) is 2.90. The van der Waals surface area contributed by atoms with Crippen molar-refractivity contribution in [3.63, 3.8) is 0 Å². The van der Waals surface area contributed by atoms with Gasteiger partial charge in [-0.1, -0.05) is 12.1 Å². The first-order valence-electron chi connectivity index (χ1n) is 8.41. The molecular weight excluding hydrogens is 395 g/mol. The fourth-order valence-corrected chi connectivity index (χ4v) is 2.89. The molecule has 0 radical (unpaired) electrons. The standard InChI is InChI=1S/C19H20F3NO6/c1-10-9-13(23-2)16(29-18(25)27-4)14(15(10)28-17(24)26-3)11-5-7-12(8-6-11)19(20,21)22/h5-8,14,23H,9H2,1-4H3. The molecule has 0 bridgehead atoms. The van der Waals surface area contributed by atoms with Gasteiger partial charge in [0.25, 0.3) is 0 Å². The van der Waals surface area contributed by atoms with E-state index in [1.165, 1.54) is 12.1 Å². The Balaban J connectivity index is 2.60. The van der Waals surface area contributed by atoms with Gasteiger partial charge in [-0.2, -0.15) is 13.2 Å². The molecule has 0 heterocycles. The number of nitrogens with one attached hydrogen (secondary N) is 1. The Hall–Kier alpha value is -3.17. The molecule has 1 aromatic carbocycles. The van der Waals surface area contributed by atoms with Crippen LogP contribution >= 0.6 is 0 Å². The van der Waals surface area contributed by atoms with E-state index >= 15 is 0 Å². The molecular formula is C19H20F3NO6. The van der Waals surface area contributed by atoms with Crippen LogP contribution in [0.5, 0.6) is 0 Å². The molecule has 0 amide bonds. The summed E-state index contributed by atoms with van der Waals surface area (Å²) in [6.45, 7) is 1.68. The highest BCUT2D eigenvalue weighted by Gasteiger charge is 2.37. The van der Waals surface area contributed by atoms with Gasteiger partial charge in [-0.25, -0.2) is 9.59 Å². The van der Waals surface area contributed by atoms with Gasteiger partial charge in [0.1, 0.15) is 17.4 Å². The summed E-state index contributed by atoms with van der Waals surface area (Å²) in [6, 6.07) is 4.23. The summed E-state index contributed by atoms with van der Waals surface area (Å²) >= 11 is 0. The van der Waals surface area contributed by atoms with Gasteiger partial charge >= 0.3 is 18.5 Å². The normalized spacial score (nSPS) is 17.0. The highest BCUT2D eigenvalue weighted by molar-refractivity contribution is 5.65. The van der Waals surface area contributed by atoms with Gasteiger partial charge in [-0.05, 0) is 30.2 Å². The van der Waals surface area contributed by atoms with Crippen LogP contribution in [0.2, 0.25) is 0 Å². The molecule has 1 unspecified atom stereocenters. The zero-order chi connectivity index (χ0) is 21.8. The Morgan fingerprint density at radius 1 is 1.00 bits per heavy atom. The first kappa shape index (κ1) is 22.1. The lowest BCUT2D eigenvalue weighted by Crippen LogP contribution is -2.26. The van der Waals surface area contributed by atoms with Gasteiger partial charge in [0.15, 0.2) is 0 Å². The third kappa shape index (κ3) is 5.01. The van der Waals surface area contributed by atoms with E-state index in [4.69, 9.17) is 9.47 Å². The van der Waals surface area contributed by atoms with E-state index in [9.17, 15) is 22.8 Å². The number of carbonyl (C=O) groups excluding carboxylic acids is 2. The van der Waals surface area contributed by atoms with Crippen molar-refractivity contribution < 1.29 is 41.7 Å². The average molecular weight is 415 g/mol.